The topological polar surface area (TPSA) is 66.5 Å². The van der Waals surface area contributed by atoms with E-state index in [1.165, 1.54) is 31.2 Å². The van der Waals surface area contributed by atoms with Crippen molar-refractivity contribution in [3.8, 4) is 0 Å². The van der Waals surface area contributed by atoms with Crippen LogP contribution in [0.2, 0.25) is 0 Å². The van der Waals surface area contributed by atoms with Crippen molar-refractivity contribution in [1.29, 1.82) is 0 Å². The molecule has 0 unspecified atom stereocenters. The van der Waals surface area contributed by atoms with E-state index in [4.69, 9.17) is 0 Å². The number of carbonyl (C=O) groups excluding carboxylic acids is 1. The van der Waals surface area contributed by atoms with Crippen LogP contribution in [0.5, 0.6) is 0 Å². The quantitative estimate of drug-likeness (QED) is 0.767. The monoisotopic (exact) mass is 370 g/mol. The molecule has 0 saturated carbocycles. The fourth-order valence-electron chi connectivity index (χ4n) is 3.22. The van der Waals surface area contributed by atoms with E-state index in [1.54, 1.807) is 24.3 Å². The summed E-state index contributed by atoms with van der Waals surface area (Å²) >= 11 is 0. The molecular formula is C19H15FN2O3S. The van der Waals surface area contributed by atoms with Crippen molar-refractivity contribution < 1.29 is 17.6 Å². The Labute approximate surface area is 150 Å². The van der Waals surface area contributed by atoms with Crippen molar-refractivity contribution >= 4 is 38.1 Å². The van der Waals surface area contributed by atoms with Crippen molar-refractivity contribution in [3.63, 3.8) is 0 Å². The van der Waals surface area contributed by atoms with Gasteiger partial charge in [0.25, 0.3) is 10.0 Å². The van der Waals surface area contributed by atoms with Gasteiger partial charge in [-0.05, 0) is 48.7 Å². The van der Waals surface area contributed by atoms with Crippen molar-refractivity contribution in [2.45, 2.75) is 17.9 Å². The van der Waals surface area contributed by atoms with E-state index in [9.17, 15) is 17.6 Å². The molecule has 0 radical (unpaired) electrons. The molecule has 0 aromatic heterocycles. The summed E-state index contributed by atoms with van der Waals surface area (Å²) in [7, 11) is -3.83. The van der Waals surface area contributed by atoms with Gasteiger partial charge in [0.05, 0.1) is 10.6 Å². The van der Waals surface area contributed by atoms with Gasteiger partial charge < -0.3 is 5.32 Å². The van der Waals surface area contributed by atoms with Crippen LogP contribution in [0.25, 0.3) is 10.8 Å². The summed E-state index contributed by atoms with van der Waals surface area (Å²) in [4.78, 5) is 12.8. The Bertz CT molecular complexity index is 1120. The maximum absolute atomic E-state index is 13.0. The molecule has 7 heteroatoms. The maximum Gasteiger partial charge on any atom is 0.265 e. The van der Waals surface area contributed by atoms with Crippen LogP contribution < -0.4 is 9.62 Å². The Morgan fingerprint density at radius 1 is 1.04 bits per heavy atom. The third-order valence-electron chi connectivity index (χ3n) is 4.46. The fraction of sp³-hybridized carbons (Fsp3) is 0.105. The van der Waals surface area contributed by atoms with Gasteiger partial charge in [-0.1, -0.05) is 24.3 Å². The van der Waals surface area contributed by atoms with E-state index in [1.807, 2.05) is 12.1 Å². The van der Waals surface area contributed by atoms with Gasteiger partial charge in [0.15, 0.2) is 0 Å². The van der Waals surface area contributed by atoms with Crippen molar-refractivity contribution in [3.05, 3.63) is 66.5 Å². The lowest BCUT2D eigenvalue weighted by atomic mass is 10.1. The minimum absolute atomic E-state index is 0.201. The highest BCUT2D eigenvalue weighted by molar-refractivity contribution is 7.93. The zero-order valence-electron chi connectivity index (χ0n) is 13.8. The highest BCUT2D eigenvalue weighted by Gasteiger charge is 2.40. The number of nitrogens with zero attached hydrogens (tertiary/aromatic N) is 1. The summed E-state index contributed by atoms with van der Waals surface area (Å²) in [5.41, 5.74) is 0.885. The second-order valence-electron chi connectivity index (χ2n) is 6.10. The second-order valence-corrected chi connectivity index (χ2v) is 7.89. The first kappa shape index (κ1) is 16.5. The summed E-state index contributed by atoms with van der Waals surface area (Å²) < 4.78 is 40.2. The van der Waals surface area contributed by atoms with Gasteiger partial charge in [-0.15, -0.1) is 0 Å². The standard InChI is InChI=1S/C19H15FN2O3S/c1-12(19(23)21-15-10-8-14(20)9-11-15)22-16-6-2-4-13-5-3-7-17(18(13)16)26(22,24)25/h2-12H,1H3,(H,21,23)/t12-/m1/s1. The van der Waals surface area contributed by atoms with Gasteiger partial charge in [-0.2, -0.15) is 0 Å². The third kappa shape index (κ3) is 2.43. The predicted octanol–water partition coefficient (Wildman–Crippen LogP) is 3.51. The van der Waals surface area contributed by atoms with Gasteiger partial charge in [-0.3, -0.25) is 9.10 Å². The van der Waals surface area contributed by atoms with E-state index in [2.05, 4.69) is 5.32 Å². The van der Waals surface area contributed by atoms with Crippen LogP contribution in [0.15, 0.2) is 65.6 Å². The zero-order chi connectivity index (χ0) is 18.5. The minimum atomic E-state index is -3.83. The molecule has 26 heavy (non-hydrogen) atoms. The summed E-state index contributed by atoms with van der Waals surface area (Å²) in [6.07, 6.45) is 0. The van der Waals surface area contributed by atoms with Gasteiger partial charge in [-0.25, -0.2) is 12.8 Å². The molecule has 1 atom stereocenters. The molecule has 1 heterocycles. The van der Waals surface area contributed by atoms with E-state index >= 15 is 0 Å². The summed E-state index contributed by atoms with van der Waals surface area (Å²) in [6.45, 7) is 1.53. The Hall–Kier alpha value is -2.93. The molecule has 0 fully saturated rings. The number of benzene rings is 3. The number of hydrogen-bond donors (Lipinski definition) is 1. The van der Waals surface area contributed by atoms with Crippen LogP contribution in [0.3, 0.4) is 0 Å². The molecule has 132 valence electrons. The third-order valence-corrected chi connectivity index (χ3v) is 6.39. The maximum atomic E-state index is 13.0. The number of nitrogens with one attached hydrogen (secondary N) is 1. The Balaban J connectivity index is 1.72. The first-order valence-corrected chi connectivity index (χ1v) is 9.46. The van der Waals surface area contributed by atoms with Crippen LogP contribution in [-0.4, -0.2) is 20.4 Å². The summed E-state index contributed by atoms with van der Waals surface area (Å²) in [5.74, 6) is -0.912. The minimum Gasteiger partial charge on any atom is -0.324 e. The second kappa shape index (κ2) is 5.81. The molecule has 1 aliphatic heterocycles. The average molecular weight is 370 g/mol. The number of sulfonamides is 1. The Kier molecular flexibility index (Phi) is 3.69. The van der Waals surface area contributed by atoms with E-state index in [0.29, 0.717) is 16.8 Å². The normalized spacial score (nSPS) is 15.8. The molecule has 4 rings (SSSR count). The highest BCUT2D eigenvalue weighted by atomic mass is 32.2. The number of rotatable bonds is 3. The van der Waals surface area contributed by atoms with Crippen LogP contribution >= 0.6 is 0 Å². The van der Waals surface area contributed by atoms with Crippen LogP contribution in [0, 0.1) is 5.82 Å². The largest absolute Gasteiger partial charge is 0.324 e. The average Bonchev–Trinajstić information content (AvgIpc) is 2.85. The molecule has 0 saturated heterocycles. The van der Waals surface area contributed by atoms with E-state index in [0.717, 1.165) is 9.69 Å². The molecule has 0 spiro atoms. The highest BCUT2D eigenvalue weighted by Crippen LogP contribution is 2.43. The molecule has 0 bridgehead atoms. The van der Waals surface area contributed by atoms with Crippen molar-refractivity contribution in [2.75, 3.05) is 9.62 Å². The molecule has 1 amide bonds. The van der Waals surface area contributed by atoms with Crippen LogP contribution in [-0.2, 0) is 14.8 Å². The molecule has 3 aromatic rings. The van der Waals surface area contributed by atoms with Gasteiger partial charge >= 0.3 is 0 Å². The lowest BCUT2D eigenvalue weighted by Crippen LogP contribution is -2.43. The van der Waals surface area contributed by atoms with E-state index in [-0.39, 0.29) is 4.90 Å². The molecular weight excluding hydrogens is 355 g/mol. The number of halogens is 1. The fourth-order valence-corrected chi connectivity index (χ4v) is 5.09. The number of carbonyl (C=O) groups is 1. The van der Waals surface area contributed by atoms with Crippen molar-refractivity contribution in [1.82, 2.24) is 0 Å². The Morgan fingerprint density at radius 2 is 1.69 bits per heavy atom. The van der Waals surface area contributed by atoms with Gasteiger partial charge in [0.1, 0.15) is 11.9 Å². The van der Waals surface area contributed by atoms with Gasteiger partial charge in [0.2, 0.25) is 5.91 Å². The van der Waals surface area contributed by atoms with E-state index < -0.39 is 27.8 Å². The zero-order valence-corrected chi connectivity index (χ0v) is 14.6. The van der Waals surface area contributed by atoms with Gasteiger partial charge in [0, 0.05) is 11.1 Å². The predicted molar refractivity (Wildman–Crippen MR) is 98.1 cm³/mol. The summed E-state index contributed by atoms with van der Waals surface area (Å²) in [6, 6.07) is 14.7. The SMILES string of the molecule is C[C@H](C(=O)Nc1ccc(F)cc1)N1c2cccc3cccc(c23)S1(=O)=O. The molecule has 1 aliphatic rings. The molecule has 5 nitrogen and oxygen atoms in total. The molecule has 1 N–H and O–H groups in total. The van der Waals surface area contributed by atoms with Crippen LogP contribution in [0.4, 0.5) is 15.8 Å². The first-order valence-electron chi connectivity index (χ1n) is 8.02. The lowest BCUT2D eigenvalue weighted by molar-refractivity contribution is -0.116. The Morgan fingerprint density at radius 3 is 2.38 bits per heavy atom. The smallest absolute Gasteiger partial charge is 0.265 e. The van der Waals surface area contributed by atoms with Crippen molar-refractivity contribution in [2.24, 2.45) is 0 Å². The van der Waals surface area contributed by atoms with Crippen LogP contribution in [0.1, 0.15) is 6.92 Å². The lowest BCUT2D eigenvalue weighted by Gasteiger charge is -2.25. The number of hydrogen-bond acceptors (Lipinski definition) is 3. The number of amides is 1. The summed E-state index contributed by atoms with van der Waals surface area (Å²) in [5, 5.41) is 4.06. The molecule has 3 aromatic carbocycles. The first-order chi connectivity index (χ1) is 12.4. The molecule has 0 aliphatic carbocycles. The number of anilines is 2.